The molecular weight excluding hydrogens is 1280 g/mol. The Balaban J connectivity index is 3.80. The zero-order valence-electron chi connectivity index (χ0n) is 66.8. The molecule has 9 nitrogen and oxygen atoms in total. The first-order valence-corrected chi connectivity index (χ1v) is 45.0. The van der Waals surface area contributed by atoms with Gasteiger partial charge in [-0.15, -0.1) is 0 Å². The van der Waals surface area contributed by atoms with Crippen LogP contribution in [0.5, 0.6) is 0 Å². The van der Waals surface area contributed by atoms with Gasteiger partial charge in [0.25, 0.3) is 0 Å². The maximum Gasteiger partial charge on any atom is 0.472 e. The molecule has 3 N–H and O–H groups in total. The summed E-state index contributed by atoms with van der Waals surface area (Å²) in [6.45, 7) is 3.68. The number of carbonyl (C=O) groups is 2. The molecule has 102 heavy (non-hydrogen) atoms. The van der Waals surface area contributed by atoms with Gasteiger partial charge in [0.05, 0.1) is 13.2 Å². The molecule has 0 rings (SSSR count). The lowest BCUT2D eigenvalue weighted by Crippen LogP contribution is -2.29. The topological polar surface area (TPSA) is 134 Å². The number of carbonyl (C=O) groups excluding carboxylic acids is 2. The number of allylic oxidation sites excluding steroid dienone is 20. The average Bonchev–Trinajstić information content (AvgIpc) is 0.948. The molecule has 0 amide bonds. The van der Waals surface area contributed by atoms with Crippen LogP contribution in [0.1, 0.15) is 418 Å². The quantitative estimate of drug-likeness (QED) is 0.0264. The molecule has 2 unspecified atom stereocenters. The van der Waals surface area contributed by atoms with E-state index in [-0.39, 0.29) is 38.6 Å². The van der Waals surface area contributed by atoms with Crippen LogP contribution in [0.25, 0.3) is 0 Å². The van der Waals surface area contributed by atoms with Crippen molar-refractivity contribution in [3.05, 3.63) is 122 Å². The summed E-state index contributed by atoms with van der Waals surface area (Å²) in [5.74, 6) is -0.820. The lowest BCUT2D eigenvalue weighted by molar-refractivity contribution is -0.161. The van der Waals surface area contributed by atoms with Crippen LogP contribution in [0.4, 0.5) is 0 Å². The molecule has 0 saturated heterocycles. The first-order valence-electron chi connectivity index (χ1n) is 43.5. The average molecular weight is 1440 g/mol. The molecule has 0 fully saturated rings. The minimum Gasteiger partial charge on any atom is -0.462 e. The summed E-state index contributed by atoms with van der Waals surface area (Å²) >= 11 is 0. The largest absolute Gasteiger partial charge is 0.472 e. The molecule has 0 aliphatic rings. The van der Waals surface area contributed by atoms with E-state index in [1.54, 1.807) is 0 Å². The van der Waals surface area contributed by atoms with E-state index in [0.717, 1.165) is 109 Å². The van der Waals surface area contributed by atoms with Gasteiger partial charge in [-0.1, -0.05) is 437 Å². The second kappa shape index (κ2) is 86.3. The smallest absolute Gasteiger partial charge is 0.462 e. The molecule has 0 spiro atoms. The SMILES string of the molecule is CC/C=C\C/C=C\C/C=C\C/C=C\C/C=C\C/C=C\C/C=C\C/C=C\C/C=C\C/C=C\CCCCCCCCCCCCC(=O)OC(COC(=O)CCCCCCCCCCCCCCCCCCCCCCCCCCCCCCCCCCCCCCCCCC)COP(=O)(O)OCCN. The first kappa shape index (κ1) is 98.4. The molecule has 0 bridgehead atoms. The van der Waals surface area contributed by atoms with Crippen LogP contribution in [0.15, 0.2) is 122 Å². The Morgan fingerprint density at radius 3 is 0.804 bits per heavy atom. The number of phosphoric ester groups is 1. The van der Waals surface area contributed by atoms with E-state index >= 15 is 0 Å². The van der Waals surface area contributed by atoms with E-state index in [9.17, 15) is 19.0 Å². The third-order valence-corrected chi connectivity index (χ3v) is 20.1. The van der Waals surface area contributed by atoms with Gasteiger partial charge in [0.15, 0.2) is 6.10 Å². The van der Waals surface area contributed by atoms with Crippen molar-refractivity contribution in [1.82, 2.24) is 0 Å². The van der Waals surface area contributed by atoms with Crippen LogP contribution in [0, 0.1) is 0 Å². The predicted molar refractivity (Wildman–Crippen MR) is 445 cm³/mol. The standard InChI is InChI=1S/C92H164NO8P/c1-3-5-7-9-11-13-15-17-19-21-23-25-27-29-31-33-35-37-39-41-43-45-47-49-51-53-55-57-59-61-63-65-67-69-71-73-75-77-79-81-83-85-92(95)101-90(89-100-102(96,97)99-87-86-93)88-98-91(94)84-82-80-78-76-74-72-70-68-66-64-62-60-58-56-54-52-50-48-46-44-42-40-38-36-34-32-30-28-26-24-22-20-18-16-14-12-10-8-6-4-2/h5,7,11,13,17,19,23,25,29,31,35,37,41,43,47,49,53,55,59,61,90H,3-4,6,8-10,12,14-16,18,20-22,24,26-28,30,32-34,36,38-40,42,44-46,48,50-52,54,56-58,60,62-89,93H2,1-2H3,(H,96,97)/b7-5-,13-11-,19-17-,25-23-,31-29-,37-35-,43-41-,49-47-,55-53-,61-59-. The number of ether oxygens (including phenoxy) is 2. The fourth-order valence-electron chi connectivity index (χ4n) is 12.7. The van der Waals surface area contributed by atoms with E-state index < -0.39 is 26.5 Å². The highest BCUT2D eigenvalue weighted by Crippen LogP contribution is 2.43. The molecule has 0 aromatic heterocycles. The Morgan fingerprint density at radius 2 is 0.539 bits per heavy atom. The Morgan fingerprint density at radius 1 is 0.304 bits per heavy atom. The van der Waals surface area contributed by atoms with Crippen molar-refractivity contribution in [2.75, 3.05) is 26.4 Å². The fourth-order valence-corrected chi connectivity index (χ4v) is 13.5. The van der Waals surface area contributed by atoms with Crippen LogP contribution in [0.2, 0.25) is 0 Å². The molecule has 0 aromatic carbocycles. The van der Waals surface area contributed by atoms with E-state index in [1.165, 1.54) is 276 Å². The summed E-state index contributed by atoms with van der Waals surface area (Å²) in [6, 6.07) is 0. The summed E-state index contributed by atoms with van der Waals surface area (Å²) in [6.07, 6.45) is 122. The van der Waals surface area contributed by atoms with Crippen molar-refractivity contribution in [3.8, 4) is 0 Å². The van der Waals surface area contributed by atoms with Crippen LogP contribution in [0.3, 0.4) is 0 Å². The van der Waals surface area contributed by atoms with Crippen LogP contribution in [-0.4, -0.2) is 49.3 Å². The lowest BCUT2D eigenvalue weighted by atomic mass is 10.0. The van der Waals surface area contributed by atoms with Gasteiger partial charge in [0.1, 0.15) is 6.61 Å². The number of rotatable bonds is 82. The van der Waals surface area contributed by atoms with Crippen LogP contribution >= 0.6 is 7.82 Å². The highest BCUT2D eigenvalue weighted by atomic mass is 31.2. The molecule has 0 aromatic rings. The molecule has 2 atom stereocenters. The summed E-state index contributed by atoms with van der Waals surface area (Å²) in [7, 11) is -4.41. The molecule has 0 aliphatic carbocycles. The number of unbranched alkanes of at least 4 members (excludes halogenated alkanes) is 49. The zero-order chi connectivity index (χ0) is 73.6. The van der Waals surface area contributed by atoms with Crippen molar-refractivity contribution in [2.24, 2.45) is 5.73 Å². The zero-order valence-corrected chi connectivity index (χ0v) is 67.7. The highest BCUT2D eigenvalue weighted by molar-refractivity contribution is 7.47. The Hall–Kier alpha value is -3.59. The van der Waals surface area contributed by atoms with Gasteiger partial charge in [-0.05, 0) is 89.9 Å². The Labute approximate surface area is 632 Å². The van der Waals surface area contributed by atoms with Crippen molar-refractivity contribution < 1.29 is 37.6 Å². The molecule has 0 heterocycles. The van der Waals surface area contributed by atoms with Gasteiger partial charge in [-0.3, -0.25) is 18.6 Å². The van der Waals surface area contributed by atoms with E-state index in [0.29, 0.717) is 6.42 Å². The second-order valence-electron chi connectivity index (χ2n) is 29.0. The predicted octanol–water partition coefficient (Wildman–Crippen LogP) is 29.7. The Bertz CT molecular complexity index is 2100. The fraction of sp³-hybridized carbons (Fsp3) is 0.761. The van der Waals surface area contributed by atoms with Gasteiger partial charge < -0.3 is 20.1 Å². The third-order valence-electron chi connectivity index (χ3n) is 19.1. The highest BCUT2D eigenvalue weighted by Gasteiger charge is 2.26. The number of hydrogen-bond acceptors (Lipinski definition) is 8. The maximum atomic E-state index is 12.8. The molecular formula is C92H164NO8P. The van der Waals surface area contributed by atoms with Gasteiger partial charge in [-0.2, -0.15) is 0 Å². The van der Waals surface area contributed by atoms with Crippen molar-refractivity contribution >= 4 is 19.8 Å². The summed E-state index contributed by atoms with van der Waals surface area (Å²) in [5, 5.41) is 0. The number of esters is 2. The van der Waals surface area contributed by atoms with E-state index in [1.807, 2.05) is 0 Å². The van der Waals surface area contributed by atoms with Crippen molar-refractivity contribution in [3.63, 3.8) is 0 Å². The third kappa shape index (κ3) is 85.3. The number of nitrogens with two attached hydrogens (primary N) is 1. The Kier molecular flexibility index (Phi) is 83.3. The first-order chi connectivity index (χ1) is 50.3. The molecule has 0 aliphatic heterocycles. The lowest BCUT2D eigenvalue weighted by Gasteiger charge is -2.19. The van der Waals surface area contributed by atoms with Gasteiger partial charge in [0, 0.05) is 19.4 Å². The normalized spacial score (nSPS) is 13.4. The molecule has 10 heteroatoms. The number of phosphoric acid groups is 1. The second-order valence-corrected chi connectivity index (χ2v) is 30.5. The van der Waals surface area contributed by atoms with Crippen molar-refractivity contribution in [1.29, 1.82) is 0 Å². The summed E-state index contributed by atoms with van der Waals surface area (Å²) in [5.41, 5.74) is 5.42. The molecule has 0 saturated carbocycles. The maximum absolute atomic E-state index is 12.8. The number of hydrogen-bond donors (Lipinski definition) is 2. The van der Waals surface area contributed by atoms with Gasteiger partial charge >= 0.3 is 19.8 Å². The monoisotopic (exact) mass is 1440 g/mol. The van der Waals surface area contributed by atoms with Crippen molar-refractivity contribution in [2.45, 2.75) is 424 Å². The van der Waals surface area contributed by atoms with E-state index in [4.69, 9.17) is 24.3 Å². The molecule has 590 valence electrons. The minimum atomic E-state index is -4.41. The molecule has 0 radical (unpaired) electrons. The van der Waals surface area contributed by atoms with Crippen LogP contribution in [-0.2, 0) is 32.7 Å². The van der Waals surface area contributed by atoms with Crippen LogP contribution < -0.4 is 5.73 Å². The van der Waals surface area contributed by atoms with Gasteiger partial charge in [-0.25, -0.2) is 4.57 Å². The minimum absolute atomic E-state index is 0.0498. The van der Waals surface area contributed by atoms with Gasteiger partial charge in [0.2, 0.25) is 0 Å². The van der Waals surface area contributed by atoms with E-state index in [2.05, 4.69) is 135 Å². The summed E-state index contributed by atoms with van der Waals surface area (Å²) in [4.78, 5) is 35.5. The summed E-state index contributed by atoms with van der Waals surface area (Å²) < 4.78 is 33.3.